The summed E-state index contributed by atoms with van der Waals surface area (Å²) in [6.45, 7) is 6.10. The lowest BCUT2D eigenvalue weighted by Gasteiger charge is -2.24. The van der Waals surface area contributed by atoms with E-state index in [9.17, 15) is 13.2 Å². The van der Waals surface area contributed by atoms with E-state index in [2.05, 4.69) is 15.2 Å². The number of carbonyl (C=O) groups is 1. The maximum atomic E-state index is 12.9. The lowest BCUT2D eigenvalue weighted by molar-refractivity contribution is 0.102. The third-order valence-electron chi connectivity index (χ3n) is 5.00. The maximum Gasteiger partial charge on any atom is 0.257 e. The first-order chi connectivity index (χ1) is 13.9. The SMILES string of the molecule is CCN(CC)S(=O)(=O)c1ccc(N2CCCC2)c(NC(=O)c2ccc(Cl)nc2)c1. The third kappa shape index (κ3) is 4.71. The summed E-state index contributed by atoms with van der Waals surface area (Å²) in [6, 6.07) is 8.05. The number of sulfonamides is 1. The lowest BCUT2D eigenvalue weighted by atomic mass is 10.2. The number of hydrogen-bond acceptors (Lipinski definition) is 5. The van der Waals surface area contributed by atoms with Gasteiger partial charge in [0.1, 0.15) is 5.15 Å². The van der Waals surface area contributed by atoms with Crippen LogP contribution >= 0.6 is 11.6 Å². The Labute approximate surface area is 176 Å². The van der Waals surface area contributed by atoms with Gasteiger partial charge in [-0.05, 0) is 43.2 Å². The minimum atomic E-state index is -3.64. The predicted molar refractivity (Wildman–Crippen MR) is 115 cm³/mol. The van der Waals surface area contributed by atoms with Crippen LogP contribution in [-0.4, -0.2) is 49.8 Å². The van der Waals surface area contributed by atoms with E-state index < -0.39 is 10.0 Å². The molecule has 0 bridgehead atoms. The van der Waals surface area contributed by atoms with E-state index in [1.54, 1.807) is 44.2 Å². The molecule has 1 N–H and O–H groups in total. The number of aromatic nitrogens is 1. The van der Waals surface area contributed by atoms with Crippen molar-refractivity contribution < 1.29 is 13.2 Å². The second-order valence-corrected chi connectivity index (χ2v) is 9.11. The number of nitrogens with one attached hydrogen (secondary N) is 1. The molecule has 7 nitrogen and oxygen atoms in total. The van der Waals surface area contributed by atoms with Crippen LogP contribution < -0.4 is 10.2 Å². The van der Waals surface area contributed by atoms with Crippen molar-refractivity contribution in [3.63, 3.8) is 0 Å². The second kappa shape index (κ2) is 9.11. The van der Waals surface area contributed by atoms with Crippen LogP contribution in [0.4, 0.5) is 11.4 Å². The summed E-state index contributed by atoms with van der Waals surface area (Å²) < 4.78 is 27.3. The molecule has 0 saturated carbocycles. The van der Waals surface area contributed by atoms with Crippen LogP contribution in [0.5, 0.6) is 0 Å². The summed E-state index contributed by atoms with van der Waals surface area (Å²) in [5.74, 6) is -0.369. The van der Waals surface area contributed by atoms with Gasteiger partial charge in [-0.15, -0.1) is 0 Å². The highest BCUT2D eigenvalue weighted by atomic mass is 35.5. The van der Waals surface area contributed by atoms with Crippen molar-refractivity contribution in [2.24, 2.45) is 0 Å². The van der Waals surface area contributed by atoms with Crippen LogP contribution in [0.1, 0.15) is 37.0 Å². The van der Waals surface area contributed by atoms with E-state index in [0.717, 1.165) is 31.6 Å². The van der Waals surface area contributed by atoms with Gasteiger partial charge in [-0.2, -0.15) is 4.31 Å². The number of carbonyl (C=O) groups excluding carboxylic acids is 1. The molecule has 156 valence electrons. The van der Waals surface area contributed by atoms with Gasteiger partial charge < -0.3 is 10.2 Å². The van der Waals surface area contributed by atoms with Gasteiger partial charge in [-0.1, -0.05) is 25.4 Å². The molecule has 1 saturated heterocycles. The number of halogens is 1. The van der Waals surface area contributed by atoms with Crippen molar-refractivity contribution in [2.45, 2.75) is 31.6 Å². The molecule has 0 spiro atoms. The van der Waals surface area contributed by atoms with Crippen LogP contribution in [0.2, 0.25) is 5.15 Å². The topological polar surface area (TPSA) is 82.6 Å². The predicted octanol–water partition coefficient (Wildman–Crippen LogP) is 3.62. The van der Waals surface area contributed by atoms with Crippen molar-refractivity contribution in [2.75, 3.05) is 36.4 Å². The van der Waals surface area contributed by atoms with Gasteiger partial charge in [0.05, 0.1) is 21.8 Å². The normalized spacial score (nSPS) is 14.4. The molecule has 0 radical (unpaired) electrons. The van der Waals surface area contributed by atoms with Gasteiger partial charge in [0.2, 0.25) is 10.0 Å². The molecule has 0 unspecified atom stereocenters. The monoisotopic (exact) mass is 436 g/mol. The van der Waals surface area contributed by atoms with E-state index in [1.165, 1.54) is 10.5 Å². The minimum absolute atomic E-state index is 0.161. The van der Waals surface area contributed by atoms with Crippen molar-refractivity contribution in [3.8, 4) is 0 Å². The zero-order chi connectivity index (χ0) is 21.0. The molecule has 1 fully saturated rings. The van der Waals surface area contributed by atoms with Gasteiger partial charge in [0.25, 0.3) is 5.91 Å². The fraction of sp³-hybridized carbons (Fsp3) is 0.400. The zero-order valence-corrected chi connectivity index (χ0v) is 18.1. The number of benzene rings is 1. The smallest absolute Gasteiger partial charge is 0.257 e. The molecule has 1 amide bonds. The third-order valence-corrected chi connectivity index (χ3v) is 7.27. The van der Waals surface area contributed by atoms with E-state index >= 15 is 0 Å². The summed E-state index contributed by atoms with van der Waals surface area (Å²) >= 11 is 5.80. The van der Waals surface area contributed by atoms with Crippen LogP contribution in [0, 0.1) is 0 Å². The van der Waals surface area contributed by atoms with Crippen LogP contribution in [-0.2, 0) is 10.0 Å². The van der Waals surface area contributed by atoms with Crippen LogP contribution in [0.25, 0.3) is 0 Å². The molecule has 3 rings (SSSR count). The Morgan fingerprint density at radius 2 is 1.86 bits per heavy atom. The van der Waals surface area contributed by atoms with Crippen molar-refractivity contribution in [1.82, 2.24) is 9.29 Å². The molecule has 1 aromatic carbocycles. The Morgan fingerprint density at radius 1 is 1.17 bits per heavy atom. The minimum Gasteiger partial charge on any atom is -0.370 e. The number of rotatable bonds is 7. The second-order valence-electron chi connectivity index (χ2n) is 6.79. The van der Waals surface area contributed by atoms with Gasteiger partial charge in [-0.3, -0.25) is 4.79 Å². The lowest BCUT2D eigenvalue weighted by Crippen LogP contribution is -2.31. The Kier molecular flexibility index (Phi) is 6.77. The highest BCUT2D eigenvalue weighted by molar-refractivity contribution is 7.89. The summed E-state index contributed by atoms with van der Waals surface area (Å²) in [5, 5.41) is 3.16. The van der Waals surface area contributed by atoms with Crippen molar-refractivity contribution in [3.05, 3.63) is 47.2 Å². The highest BCUT2D eigenvalue weighted by Gasteiger charge is 2.25. The van der Waals surface area contributed by atoms with Crippen LogP contribution in [0.3, 0.4) is 0 Å². The number of hydrogen-bond donors (Lipinski definition) is 1. The number of nitrogens with zero attached hydrogens (tertiary/aromatic N) is 3. The summed E-state index contributed by atoms with van der Waals surface area (Å²) in [6.07, 6.45) is 3.52. The van der Waals surface area contributed by atoms with Gasteiger partial charge >= 0.3 is 0 Å². The summed E-state index contributed by atoms with van der Waals surface area (Å²) in [7, 11) is -3.64. The Morgan fingerprint density at radius 3 is 2.45 bits per heavy atom. The fourth-order valence-electron chi connectivity index (χ4n) is 3.43. The highest BCUT2D eigenvalue weighted by Crippen LogP contribution is 2.32. The molecule has 2 aromatic rings. The number of pyridine rings is 1. The standard InChI is InChI=1S/C20H25ClN4O3S/c1-3-25(4-2)29(27,28)16-8-9-18(24-11-5-6-12-24)17(13-16)23-20(26)15-7-10-19(21)22-14-15/h7-10,13-14H,3-6,11-12H2,1-2H3,(H,23,26). The molecular formula is C20H25ClN4O3S. The van der Waals surface area contributed by atoms with E-state index in [4.69, 9.17) is 11.6 Å². The number of anilines is 2. The van der Waals surface area contributed by atoms with Crippen molar-refractivity contribution >= 4 is 38.9 Å². The zero-order valence-electron chi connectivity index (χ0n) is 16.6. The molecule has 1 aromatic heterocycles. The Bertz CT molecular complexity index is 970. The first-order valence-electron chi connectivity index (χ1n) is 9.69. The quantitative estimate of drug-likeness (QED) is 0.670. The number of amides is 1. The molecule has 0 aliphatic carbocycles. The van der Waals surface area contributed by atoms with E-state index in [0.29, 0.717) is 29.5 Å². The average molecular weight is 437 g/mol. The fourth-order valence-corrected chi connectivity index (χ4v) is 5.02. The molecule has 9 heteroatoms. The Balaban J connectivity index is 1.99. The molecular weight excluding hydrogens is 412 g/mol. The van der Waals surface area contributed by atoms with Gasteiger partial charge in [0, 0.05) is 32.4 Å². The maximum absolute atomic E-state index is 12.9. The summed E-state index contributed by atoms with van der Waals surface area (Å²) in [4.78, 5) is 19.0. The largest absolute Gasteiger partial charge is 0.370 e. The van der Waals surface area contributed by atoms with E-state index in [1.807, 2.05) is 0 Å². The summed E-state index contributed by atoms with van der Waals surface area (Å²) in [5.41, 5.74) is 1.63. The van der Waals surface area contributed by atoms with Crippen LogP contribution in [0.15, 0.2) is 41.4 Å². The molecule has 1 aliphatic rings. The molecule has 2 heterocycles. The molecule has 0 atom stereocenters. The Hall–Kier alpha value is -2.16. The molecule has 29 heavy (non-hydrogen) atoms. The van der Waals surface area contributed by atoms with Gasteiger partial charge in [0.15, 0.2) is 0 Å². The first-order valence-corrected chi connectivity index (χ1v) is 11.5. The van der Waals surface area contributed by atoms with E-state index in [-0.39, 0.29) is 10.8 Å². The van der Waals surface area contributed by atoms with Crippen molar-refractivity contribution in [1.29, 1.82) is 0 Å². The first kappa shape index (κ1) is 21.5. The van der Waals surface area contributed by atoms with Gasteiger partial charge in [-0.25, -0.2) is 13.4 Å². The average Bonchev–Trinajstić information content (AvgIpc) is 3.23. The molecule has 1 aliphatic heterocycles.